The standard InChI is InChI=1S/C18H19N3O4S2/c1-25-15-9-8-12(27(19,23)24)11-13(15)18(22)20-10-4-7-17-21-14-5-2-3-6-16(14)26-17/h2-3,5-6,8-9,11H,4,7,10H2,1H3,(H,20,22)(H2,19,23,24). The summed E-state index contributed by atoms with van der Waals surface area (Å²) < 4.78 is 29.3. The van der Waals surface area contributed by atoms with E-state index in [1.54, 1.807) is 11.3 Å². The topological polar surface area (TPSA) is 111 Å². The van der Waals surface area contributed by atoms with Crippen LogP contribution in [0.3, 0.4) is 0 Å². The first-order valence-corrected chi connectivity index (χ1v) is 10.6. The van der Waals surface area contributed by atoms with Gasteiger partial charge in [-0.1, -0.05) is 12.1 Å². The number of aryl methyl sites for hydroxylation is 1. The normalized spacial score (nSPS) is 11.5. The van der Waals surface area contributed by atoms with Crippen LogP contribution in [0.15, 0.2) is 47.4 Å². The third-order valence-electron chi connectivity index (χ3n) is 3.94. The van der Waals surface area contributed by atoms with E-state index in [9.17, 15) is 13.2 Å². The molecule has 1 aromatic heterocycles. The summed E-state index contributed by atoms with van der Waals surface area (Å²) >= 11 is 1.64. The van der Waals surface area contributed by atoms with Gasteiger partial charge in [-0.25, -0.2) is 18.5 Å². The van der Waals surface area contributed by atoms with Crippen LogP contribution < -0.4 is 15.2 Å². The number of amides is 1. The fraction of sp³-hybridized carbons (Fsp3) is 0.222. The van der Waals surface area contributed by atoms with Gasteiger partial charge in [0.15, 0.2) is 0 Å². The van der Waals surface area contributed by atoms with E-state index in [2.05, 4.69) is 10.3 Å². The van der Waals surface area contributed by atoms with Gasteiger partial charge >= 0.3 is 0 Å². The number of para-hydroxylation sites is 1. The summed E-state index contributed by atoms with van der Waals surface area (Å²) in [6.07, 6.45) is 1.46. The van der Waals surface area contributed by atoms with Crippen LogP contribution in [0.25, 0.3) is 10.2 Å². The Morgan fingerprint density at radius 3 is 2.74 bits per heavy atom. The van der Waals surface area contributed by atoms with E-state index < -0.39 is 15.9 Å². The monoisotopic (exact) mass is 405 g/mol. The summed E-state index contributed by atoms with van der Waals surface area (Å²) in [6.45, 7) is 0.428. The van der Waals surface area contributed by atoms with Gasteiger partial charge in [0.25, 0.3) is 5.91 Å². The zero-order chi connectivity index (χ0) is 19.4. The zero-order valence-corrected chi connectivity index (χ0v) is 16.3. The Balaban J connectivity index is 1.62. The Bertz CT molecular complexity index is 1040. The molecule has 0 atom stereocenters. The number of fused-ring (bicyclic) bond motifs is 1. The summed E-state index contributed by atoms with van der Waals surface area (Å²) in [4.78, 5) is 16.8. The van der Waals surface area contributed by atoms with Crippen molar-refractivity contribution < 1.29 is 17.9 Å². The van der Waals surface area contributed by atoms with E-state index in [-0.39, 0.29) is 16.2 Å². The van der Waals surface area contributed by atoms with Crippen molar-refractivity contribution in [3.05, 3.63) is 53.0 Å². The molecule has 0 unspecified atom stereocenters. The van der Waals surface area contributed by atoms with E-state index in [4.69, 9.17) is 9.88 Å². The molecule has 0 bridgehead atoms. The highest BCUT2D eigenvalue weighted by Crippen LogP contribution is 2.23. The second-order valence-corrected chi connectivity index (χ2v) is 8.52. The maximum absolute atomic E-state index is 12.4. The highest BCUT2D eigenvalue weighted by Gasteiger charge is 2.17. The third-order valence-corrected chi connectivity index (χ3v) is 5.94. The molecule has 3 rings (SSSR count). The third kappa shape index (κ3) is 4.62. The molecule has 0 spiro atoms. The van der Waals surface area contributed by atoms with E-state index in [0.717, 1.165) is 21.6 Å². The van der Waals surface area contributed by atoms with Gasteiger partial charge in [-0.2, -0.15) is 0 Å². The number of sulfonamides is 1. The number of rotatable bonds is 7. The molecule has 0 aliphatic rings. The second-order valence-electron chi connectivity index (χ2n) is 5.84. The Labute approximate surface area is 161 Å². The van der Waals surface area contributed by atoms with E-state index in [0.29, 0.717) is 13.0 Å². The van der Waals surface area contributed by atoms with E-state index >= 15 is 0 Å². The molecule has 27 heavy (non-hydrogen) atoms. The minimum Gasteiger partial charge on any atom is -0.496 e. The Morgan fingerprint density at radius 2 is 2.04 bits per heavy atom. The van der Waals surface area contributed by atoms with Crippen LogP contribution in [-0.4, -0.2) is 33.0 Å². The van der Waals surface area contributed by atoms with Crippen molar-refractivity contribution in [2.45, 2.75) is 17.7 Å². The number of hydrogen-bond donors (Lipinski definition) is 2. The summed E-state index contributed by atoms with van der Waals surface area (Å²) in [5.74, 6) is -0.132. The lowest BCUT2D eigenvalue weighted by atomic mass is 10.2. The molecule has 0 aliphatic heterocycles. The molecule has 7 nitrogen and oxygen atoms in total. The lowest BCUT2D eigenvalue weighted by Crippen LogP contribution is -2.25. The summed E-state index contributed by atoms with van der Waals surface area (Å²) in [7, 11) is -2.49. The number of carbonyl (C=O) groups excluding carboxylic acids is 1. The number of carbonyl (C=O) groups is 1. The number of nitrogens with two attached hydrogens (primary N) is 1. The first-order valence-electron chi connectivity index (χ1n) is 8.22. The molecule has 0 fully saturated rings. The zero-order valence-electron chi connectivity index (χ0n) is 14.6. The lowest BCUT2D eigenvalue weighted by molar-refractivity contribution is 0.0950. The first-order chi connectivity index (χ1) is 12.9. The van der Waals surface area contributed by atoms with Crippen LogP contribution in [0.4, 0.5) is 0 Å². The van der Waals surface area contributed by atoms with Crippen molar-refractivity contribution in [2.75, 3.05) is 13.7 Å². The quantitative estimate of drug-likeness (QED) is 0.586. The number of nitrogens with one attached hydrogen (secondary N) is 1. The number of hydrogen-bond acceptors (Lipinski definition) is 6. The van der Waals surface area contributed by atoms with Gasteiger partial charge < -0.3 is 10.1 Å². The lowest BCUT2D eigenvalue weighted by Gasteiger charge is -2.10. The van der Waals surface area contributed by atoms with Crippen LogP contribution in [0.2, 0.25) is 0 Å². The van der Waals surface area contributed by atoms with E-state index in [1.807, 2.05) is 24.3 Å². The molecule has 3 aromatic rings. The van der Waals surface area contributed by atoms with Gasteiger partial charge in [-0.3, -0.25) is 4.79 Å². The first kappa shape index (κ1) is 19.3. The average molecular weight is 406 g/mol. The molecule has 1 amide bonds. The van der Waals surface area contributed by atoms with Crippen molar-refractivity contribution >= 4 is 37.5 Å². The van der Waals surface area contributed by atoms with Crippen molar-refractivity contribution in [2.24, 2.45) is 5.14 Å². The molecule has 0 aliphatic carbocycles. The minimum absolute atomic E-state index is 0.129. The van der Waals surface area contributed by atoms with Gasteiger partial charge in [-0.15, -0.1) is 11.3 Å². The number of thiazole rings is 1. The van der Waals surface area contributed by atoms with Gasteiger partial charge in [0.2, 0.25) is 10.0 Å². The van der Waals surface area contributed by atoms with Gasteiger partial charge in [0.05, 0.1) is 32.8 Å². The maximum Gasteiger partial charge on any atom is 0.255 e. The molecular formula is C18H19N3O4S2. The van der Waals surface area contributed by atoms with Crippen LogP contribution in [0.5, 0.6) is 5.75 Å². The number of aromatic nitrogens is 1. The fourth-order valence-corrected chi connectivity index (χ4v) is 4.15. The van der Waals surface area contributed by atoms with Gasteiger partial charge in [0.1, 0.15) is 5.75 Å². The van der Waals surface area contributed by atoms with Crippen LogP contribution in [0, 0.1) is 0 Å². The largest absolute Gasteiger partial charge is 0.496 e. The van der Waals surface area contributed by atoms with Crippen molar-refractivity contribution in [1.29, 1.82) is 0 Å². The van der Waals surface area contributed by atoms with Crippen molar-refractivity contribution in [3.8, 4) is 5.75 Å². The molecule has 0 saturated carbocycles. The molecule has 0 saturated heterocycles. The maximum atomic E-state index is 12.4. The number of nitrogens with zero attached hydrogens (tertiary/aromatic N) is 1. The average Bonchev–Trinajstić information content (AvgIpc) is 3.06. The molecule has 3 N–H and O–H groups in total. The second kappa shape index (κ2) is 8.03. The molecular weight excluding hydrogens is 386 g/mol. The highest BCUT2D eigenvalue weighted by molar-refractivity contribution is 7.89. The van der Waals surface area contributed by atoms with Gasteiger partial charge in [-0.05, 0) is 36.8 Å². The van der Waals surface area contributed by atoms with Crippen LogP contribution in [0.1, 0.15) is 21.8 Å². The molecule has 0 radical (unpaired) electrons. The fourth-order valence-electron chi connectivity index (χ4n) is 2.61. The van der Waals surface area contributed by atoms with Crippen molar-refractivity contribution in [1.82, 2.24) is 10.3 Å². The molecule has 9 heteroatoms. The minimum atomic E-state index is -3.90. The Kier molecular flexibility index (Phi) is 5.73. The summed E-state index contributed by atoms with van der Waals surface area (Å²) in [6, 6.07) is 11.9. The Morgan fingerprint density at radius 1 is 1.26 bits per heavy atom. The summed E-state index contributed by atoms with van der Waals surface area (Å²) in [5.41, 5.74) is 1.11. The number of methoxy groups -OCH3 is 1. The predicted molar refractivity (Wildman–Crippen MR) is 105 cm³/mol. The number of ether oxygens (including phenoxy) is 1. The highest BCUT2D eigenvalue weighted by atomic mass is 32.2. The smallest absolute Gasteiger partial charge is 0.255 e. The SMILES string of the molecule is COc1ccc(S(N)(=O)=O)cc1C(=O)NCCCc1nc2ccccc2s1. The number of primary sulfonamides is 1. The summed E-state index contributed by atoms with van der Waals surface area (Å²) in [5, 5.41) is 8.92. The molecule has 2 aromatic carbocycles. The van der Waals surface area contributed by atoms with E-state index in [1.165, 1.54) is 25.3 Å². The molecule has 1 heterocycles. The van der Waals surface area contributed by atoms with Crippen LogP contribution >= 0.6 is 11.3 Å². The van der Waals surface area contributed by atoms with Gasteiger partial charge in [0, 0.05) is 13.0 Å². The Hall–Kier alpha value is -2.49. The number of benzene rings is 2. The van der Waals surface area contributed by atoms with Crippen molar-refractivity contribution in [3.63, 3.8) is 0 Å². The predicted octanol–water partition coefficient (Wildman–Crippen LogP) is 2.31. The molecule has 142 valence electrons. The van der Waals surface area contributed by atoms with Crippen LogP contribution in [-0.2, 0) is 16.4 Å².